The van der Waals surface area contributed by atoms with Gasteiger partial charge in [-0.3, -0.25) is 4.79 Å². The quantitative estimate of drug-likeness (QED) is 0.296. The summed E-state index contributed by atoms with van der Waals surface area (Å²) in [7, 11) is -1.34. The third kappa shape index (κ3) is 6.94. The van der Waals surface area contributed by atoms with Crippen LogP contribution in [0.4, 0.5) is 0 Å². The number of carbonyl (C=O) groups is 1. The van der Waals surface area contributed by atoms with Gasteiger partial charge < -0.3 is 19.9 Å². The number of amides is 1. The maximum absolute atomic E-state index is 13.7. The number of aromatic nitrogens is 1. The van der Waals surface area contributed by atoms with E-state index in [2.05, 4.69) is 17.2 Å². The summed E-state index contributed by atoms with van der Waals surface area (Å²) in [6, 6.07) is 15.1. The fraction of sp³-hybridized carbons (Fsp3) is 0.444. The lowest BCUT2D eigenvalue weighted by Crippen LogP contribution is -2.36. The van der Waals surface area contributed by atoms with E-state index in [9.17, 15) is 14.1 Å². The van der Waals surface area contributed by atoms with Crippen LogP contribution in [0, 0.1) is 17.8 Å². The molecule has 0 saturated heterocycles. The largest absolute Gasteiger partial charge is 0.454 e. The first-order valence-electron chi connectivity index (χ1n) is 15.8. The molecule has 0 spiro atoms. The zero-order valence-corrected chi connectivity index (χ0v) is 27.0. The van der Waals surface area contributed by atoms with Gasteiger partial charge in [-0.1, -0.05) is 42.9 Å². The summed E-state index contributed by atoms with van der Waals surface area (Å²) >= 11 is 0. The molecule has 2 aliphatic heterocycles. The van der Waals surface area contributed by atoms with Gasteiger partial charge in [0, 0.05) is 42.8 Å². The molecule has 1 aliphatic carbocycles. The molecular formula is C36H41N3O5S. The molecule has 3 aromatic rings. The topological polar surface area (TPSA) is 101 Å². The van der Waals surface area contributed by atoms with Crippen molar-refractivity contribution >= 4 is 16.9 Å². The monoisotopic (exact) mass is 627 g/mol. The molecule has 3 aliphatic rings. The number of carbonyl (C=O) groups excluding carboxylic acids is 1. The van der Waals surface area contributed by atoms with Crippen molar-refractivity contribution in [2.24, 2.45) is 5.92 Å². The lowest BCUT2D eigenvalue weighted by Gasteiger charge is -2.30. The fourth-order valence-electron chi connectivity index (χ4n) is 6.39. The van der Waals surface area contributed by atoms with Crippen LogP contribution in [0.25, 0.3) is 11.3 Å². The summed E-state index contributed by atoms with van der Waals surface area (Å²) in [5.41, 5.74) is 5.36. The molecule has 2 aromatic carbocycles. The normalized spacial score (nSPS) is 18.4. The molecule has 2 atom stereocenters. The minimum Gasteiger partial charge on any atom is -0.454 e. The Morgan fingerprint density at radius 2 is 1.91 bits per heavy atom. The molecule has 2 N–H and O–H groups in total. The molecule has 45 heavy (non-hydrogen) atoms. The number of pyridine rings is 1. The summed E-state index contributed by atoms with van der Waals surface area (Å²) in [6.45, 7) is 6.66. The molecule has 6 rings (SSSR count). The average molecular weight is 628 g/mol. The molecule has 3 heterocycles. The van der Waals surface area contributed by atoms with E-state index < -0.39 is 15.7 Å². The third-order valence-corrected chi connectivity index (χ3v) is 10.5. The van der Waals surface area contributed by atoms with E-state index in [1.807, 2.05) is 73.6 Å². The van der Waals surface area contributed by atoms with Crippen molar-refractivity contribution in [3.63, 3.8) is 0 Å². The van der Waals surface area contributed by atoms with Gasteiger partial charge in [0.1, 0.15) is 16.7 Å². The first-order valence-corrected chi connectivity index (χ1v) is 16.9. The van der Waals surface area contributed by atoms with E-state index in [0.717, 1.165) is 34.2 Å². The predicted octanol–water partition coefficient (Wildman–Crippen LogP) is 6.04. The second-order valence-corrected chi connectivity index (χ2v) is 15.2. The Labute approximate surface area is 268 Å². The Balaban J connectivity index is 1.34. The second-order valence-electron chi connectivity index (χ2n) is 13.0. The highest BCUT2D eigenvalue weighted by molar-refractivity contribution is 7.84. The van der Waals surface area contributed by atoms with Gasteiger partial charge in [0.2, 0.25) is 6.79 Å². The van der Waals surface area contributed by atoms with E-state index >= 15 is 0 Å². The van der Waals surface area contributed by atoms with E-state index in [0.29, 0.717) is 42.6 Å². The standard InChI is InChI=1S/C36H41N3O5S/c1-36(2,3)45(42)39-22-28-20-29(35(41)37-21-26-14-15-31-32(19-26)44-23-43-31)38-34(33(28)30(39)16-17-40)27-13-7-12-25(18-27)11-6-10-24-8-4-5-9-24/h7,12-15,18-20,24,30,40H,4-5,8-10,16-17,21-23H2,1-3H3,(H,37,41)/t30-,45?/m1/s1. The number of nitrogens with one attached hydrogen (secondary N) is 1. The van der Waals surface area contributed by atoms with Crippen molar-refractivity contribution < 1.29 is 23.6 Å². The molecule has 1 aromatic heterocycles. The number of hydrogen-bond acceptors (Lipinski definition) is 6. The number of aliphatic hydroxyl groups is 1. The van der Waals surface area contributed by atoms with Crippen molar-refractivity contribution in [2.45, 2.75) is 83.2 Å². The van der Waals surface area contributed by atoms with Crippen molar-refractivity contribution in [3.8, 4) is 34.6 Å². The average Bonchev–Trinajstić information content (AvgIpc) is 3.79. The highest BCUT2D eigenvalue weighted by Gasteiger charge is 2.40. The molecule has 236 valence electrons. The van der Waals surface area contributed by atoms with Crippen molar-refractivity contribution in [3.05, 3.63) is 76.5 Å². The maximum atomic E-state index is 13.7. The van der Waals surface area contributed by atoms with Gasteiger partial charge in [-0.25, -0.2) is 13.5 Å². The van der Waals surface area contributed by atoms with Crippen molar-refractivity contribution in [1.29, 1.82) is 0 Å². The fourth-order valence-corrected chi connectivity index (χ4v) is 7.79. The Bertz CT molecular complexity index is 1670. The zero-order valence-electron chi connectivity index (χ0n) is 26.2. The van der Waals surface area contributed by atoms with Crippen LogP contribution in [0.15, 0.2) is 48.5 Å². The van der Waals surface area contributed by atoms with Gasteiger partial charge >= 0.3 is 0 Å². The molecule has 1 fully saturated rings. The molecule has 9 heteroatoms. The zero-order chi connectivity index (χ0) is 31.6. The Morgan fingerprint density at radius 1 is 1.11 bits per heavy atom. The minimum atomic E-state index is -1.34. The summed E-state index contributed by atoms with van der Waals surface area (Å²) in [5.74, 6) is 8.47. The highest BCUT2D eigenvalue weighted by Crippen LogP contribution is 2.44. The molecule has 1 unspecified atom stereocenters. The van der Waals surface area contributed by atoms with E-state index in [1.165, 1.54) is 25.7 Å². The first-order chi connectivity index (χ1) is 21.7. The molecule has 0 radical (unpaired) electrons. The molecular weight excluding hydrogens is 586 g/mol. The van der Waals surface area contributed by atoms with Crippen LogP contribution in [0.5, 0.6) is 11.5 Å². The summed E-state index contributed by atoms with van der Waals surface area (Å²) in [4.78, 5) is 18.5. The van der Waals surface area contributed by atoms with Crippen LogP contribution in [0.3, 0.4) is 0 Å². The minimum absolute atomic E-state index is 0.0636. The Morgan fingerprint density at radius 3 is 2.69 bits per heavy atom. The SMILES string of the molecule is CC(C)(C)S(=O)N1Cc2cc(C(=O)NCc3ccc4c(c3)OCO4)nc(-c3cccc(C#CCC4CCCC4)c3)c2[C@H]1CCO. The van der Waals surface area contributed by atoms with Crippen molar-refractivity contribution in [1.82, 2.24) is 14.6 Å². The second kappa shape index (κ2) is 13.3. The van der Waals surface area contributed by atoms with Crippen LogP contribution in [-0.4, -0.2) is 42.7 Å². The van der Waals surface area contributed by atoms with Crippen LogP contribution in [-0.2, 0) is 24.1 Å². The molecule has 1 saturated carbocycles. The lowest BCUT2D eigenvalue weighted by atomic mass is 9.95. The van der Waals surface area contributed by atoms with Gasteiger partial charge in [-0.15, -0.1) is 0 Å². The number of nitrogens with zero attached hydrogens (tertiary/aromatic N) is 2. The van der Waals surface area contributed by atoms with Gasteiger partial charge in [-0.05, 0) is 87.4 Å². The number of rotatable bonds is 8. The van der Waals surface area contributed by atoms with E-state index in [1.54, 1.807) is 0 Å². The number of fused-ring (bicyclic) bond motifs is 2. The lowest BCUT2D eigenvalue weighted by molar-refractivity contribution is 0.0945. The Kier molecular flexibility index (Phi) is 9.27. The molecule has 1 amide bonds. The van der Waals surface area contributed by atoms with Gasteiger partial charge in [0.25, 0.3) is 5.91 Å². The highest BCUT2D eigenvalue weighted by atomic mass is 32.2. The summed E-state index contributed by atoms with van der Waals surface area (Å²) < 4.78 is 26.1. The van der Waals surface area contributed by atoms with Crippen molar-refractivity contribution in [2.75, 3.05) is 13.4 Å². The first kappa shape index (κ1) is 31.3. The smallest absolute Gasteiger partial charge is 0.270 e. The number of aliphatic hydroxyl groups excluding tert-OH is 1. The van der Waals surface area contributed by atoms with Gasteiger partial charge in [0.15, 0.2) is 11.5 Å². The number of hydrogen-bond donors (Lipinski definition) is 2. The molecule has 8 nitrogen and oxygen atoms in total. The van der Waals surface area contributed by atoms with Crippen LogP contribution >= 0.6 is 0 Å². The Hall–Kier alpha value is -3.71. The van der Waals surface area contributed by atoms with E-state index in [-0.39, 0.29) is 31.0 Å². The van der Waals surface area contributed by atoms with Crippen LogP contribution < -0.4 is 14.8 Å². The molecule has 0 bridgehead atoms. The van der Waals surface area contributed by atoms with Crippen LogP contribution in [0.2, 0.25) is 0 Å². The maximum Gasteiger partial charge on any atom is 0.270 e. The summed E-state index contributed by atoms with van der Waals surface area (Å²) in [6.07, 6.45) is 6.42. The number of benzene rings is 2. The predicted molar refractivity (Wildman–Crippen MR) is 175 cm³/mol. The van der Waals surface area contributed by atoms with Gasteiger partial charge in [-0.2, -0.15) is 0 Å². The van der Waals surface area contributed by atoms with Crippen LogP contribution in [0.1, 0.15) is 98.1 Å². The summed E-state index contributed by atoms with van der Waals surface area (Å²) in [5, 5.41) is 13.1. The van der Waals surface area contributed by atoms with E-state index in [4.69, 9.17) is 14.5 Å². The third-order valence-electron chi connectivity index (χ3n) is 8.65. The van der Waals surface area contributed by atoms with Gasteiger partial charge in [0.05, 0.1) is 16.5 Å². The number of ether oxygens (including phenoxy) is 2.